The Morgan fingerprint density at radius 1 is 0.788 bits per heavy atom. The Kier molecular flexibility index (Phi) is 10.0. The maximum absolute atomic E-state index is 5.85. The zero-order valence-electron chi connectivity index (χ0n) is 20.7. The van der Waals surface area contributed by atoms with Gasteiger partial charge in [-0.2, -0.15) is 29.8 Å². The van der Waals surface area contributed by atoms with Gasteiger partial charge in [-0.15, -0.1) is 5.30 Å². The van der Waals surface area contributed by atoms with Crippen LogP contribution in [0.5, 0.6) is 0 Å². The van der Waals surface area contributed by atoms with E-state index in [0.717, 1.165) is 11.0 Å². The Morgan fingerprint density at radius 3 is 1.67 bits per heavy atom. The first-order valence-electron chi connectivity index (χ1n) is 11.2. The van der Waals surface area contributed by atoms with Crippen molar-refractivity contribution in [2.45, 2.75) is 64.4 Å². The molecule has 33 heavy (non-hydrogen) atoms. The van der Waals surface area contributed by atoms with Crippen LogP contribution in [0.15, 0.2) is 94.2 Å². The van der Waals surface area contributed by atoms with Gasteiger partial charge in [-0.1, -0.05) is 56.4 Å². The Labute approximate surface area is 212 Å². The van der Waals surface area contributed by atoms with Crippen LogP contribution >= 0.6 is 15.8 Å². The quantitative estimate of drug-likeness (QED) is 0.151. The van der Waals surface area contributed by atoms with E-state index < -0.39 is 7.92 Å². The van der Waals surface area contributed by atoms with E-state index in [2.05, 4.69) is 78.8 Å². The van der Waals surface area contributed by atoms with Crippen LogP contribution in [0.3, 0.4) is 0 Å². The van der Waals surface area contributed by atoms with Gasteiger partial charge >= 0.3 is 17.1 Å². The molecule has 5 heteroatoms. The van der Waals surface area contributed by atoms with Crippen molar-refractivity contribution in [2.24, 2.45) is 0 Å². The summed E-state index contributed by atoms with van der Waals surface area (Å²) < 4.78 is 11.7. The van der Waals surface area contributed by atoms with E-state index in [4.69, 9.17) is 8.83 Å². The molecule has 2 aromatic carbocycles. The maximum Gasteiger partial charge on any atom is 2.00 e. The topological polar surface area (TPSA) is 26.3 Å². The third kappa shape index (κ3) is 7.07. The van der Waals surface area contributed by atoms with Crippen LogP contribution in [-0.4, -0.2) is 10.3 Å². The Bertz CT molecular complexity index is 952. The average molecular weight is 522 g/mol. The molecule has 1 atom stereocenters. The minimum atomic E-state index is -0.808. The van der Waals surface area contributed by atoms with E-state index in [1.54, 1.807) is 12.5 Å². The van der Waals surface area contributed by atoms with Gasteiger partial charge in [0.15, 0.2) is 0 Å². The van der Waals surface area contributed by atoms with Crippen LogP contribution in [0.4, 0.5) is 0 Å². The van der Waals surface area contributed by atoms with Crippen molar-refractivity contribution in [1.29, 1.82) is 0 Å². The molecule has 2 aromatic heterocycles. The molecule has 2 nitrogen and oxygen atoms in total. The van der Waals surface area contributed by atoms with Crippen molar-refractivity contribution in [3.63, 3.8) is 0 Å². The molecule has 0 saturated heterocycles. The van der Waals surface area contributed by atoms with E-state index in [1.165, 1.54) is 10.9 Å². The molecule has 2 heterocycles. The van der Waals surface area contributed by atoms with Crippen LogP contribution in [0.2, 0.25) is 0 Å². The summed E-state index contributed by atoms with van der Waals surface area (Å²) in [5.41, 5.74) is 3.94. The van der Waals surface area contributed by atoms with Crippen LogP contribution in [0, 0.1) is 0 Å². The summed E-state index contributed by atoms with van der Waals surface area (Å²) in [6, 6.07) is 24.9. The van der Waals surface area contributed by atoms with Crippen molar-refractivity contribution >= 4 is 32.2 Å². The van der Waals surface area contributed by atoms with Gasteiger partial charge < -0.3 is 8.83 Å². The molecule has 178 valence electrons. The second-order valence-corrected chi connectivity index (χ2v) is 16.2. The normalized spacial score (nSPS) is 12.9. The molecule has 4 aromatic rings. The molecular weight excluding hydrogens is 486 g/mol. The largest absolute Gasteiger partial charge is 2.00 e. The third-order valence-corrected chi connectivity index (χ3v) is 11.6. The van der Waals surface area contributed by atoms with Gasteiger partial charge in [0.05, 0.1) is 12.5 Å². The Balaban J connectivity index is 0.000000568. The van der Waals surface area contributed by atoms with E-state index >= 15 is 0 Å². The smallest absolute Gasteiger partial charge is 0.465 e. The van der Waals surface area contributed by atoms with Crippen molar-refractivity contribution in [3.8, 4) is 0 Å². The summed E-state index contributed by atoms with van der Waals surface area (Å²) in [4.78, 5) is 0. The van der Waals surface area contributed by atoms with Gasteiger partial charge in [-0.3, -0.25) is 0 Å². The van der Waals surface area contributed by atoms with Crippen LogP contribution in [0.1, 0.15) is 59.7 Å². The molecule has 0 fully saturated rings. The molecule has 0 amide bonds. The summed E-state index contributed by atoms with van der Waals surface area (Å²) in [5.74, 6) is 0. The van der Waals surface area contributed by atoms with E-state index in [0.29, 0.717) is 5.66 Å². The van der Waals surface area contributed by atoms with Gasteiger partial charge in [0.1, 0.15) is 11.0 Å². The molecule has 0 aliphatic heterocycles. The van der Waals surface area contributed by atoms with Gasteiger partial charge in [0, 0.05) is 7.92 Å². The number of furan rings is 2. The molecule has 4 rings (SSSR count). The second-order valence-electron chi connectivity index (χ2n) is 9.95. The molecule has 0 radical (unpaired) electrons. The predicted octanol–water partition coefficient (Wildman–Crippen LogP) is 7.89. The fourth-order valence-electron chi connectivity index (χ4n) is 4.75. The molecule has 0 unspecified atom stereocenters. The number of hydrogen-bond donors (Lipinski definition) is 0. The van der Waals surface area contributed by atoms with E-state index in [9.17, 15) is 0 Å². The van der Waals surface area contributed by atoms with Crippen LogP contribution in [0.25, 0.3) is 0 Å². The first-order chi connectivity index (χ1) is 15.1. The first kappa shape index (κ1) is 27.9. The van der Waals surface area contributed by atoms with Crippen molar-refractivity contribution < 1.29 is 25.9 Å². The number of hydrogen-bond acceptors (Lipinski definition) is 2. The Morgan fingerprint density at radius 2 is 1.30 bits per heavy atom. The number of rotatable bonds is 5. The zero-order chi connectivity index (χ0) is 23.4. The standard InChI is InChI=1S/C23H31O2P2.C5H5.Fe/c1-17(27(22(2,3)4)23(5,6)7)18-11-8-12-19(18)26(20-13-9-15-24-20)21-14-10-16-25-21;1-2-4-5-3-1;/h8-17H,1-7H3;1-5H;/q2*-1;+2/t17-;;/m0../s1. The third-order valence-electron chi connectivity index (χ3n) is 5.36. The second kappa shape index (κ2) is 11.9. The first-order valence-corrected chi connectivity index (χ1v) is 13.9. The molecular formula is C28H36FeO2P2. The summed E-state index contributed by atoms with van der Waals surface area (Å²) in [6.45, 7) is 16.8. The minimum absolute atomic E-state index is 0. The van der Waals surface area contributed by atoms with Crippen LogP contribution < -0.4 is 16.3 Å². The van der Waals surface area contributed by atoms with E-state index in [-0.39, 0.29) is 35.3 Å². The predicted molar refractivity (Wildman–Crippen MR) is 142 cm³/mol. The van der Waals surface area contributed by atoms with Crippen molar-refractivity contribution in [1.82, 2.24) is 0 Å². The van der Waals surface area contributed by atoms with Gasteiger partial charge in [0.25, 0.3) is 0 Å². The van der Waals surface area contributed by atoms with Crippen LogP contribution in [-0.2, 0) is 17.1 Å². The molecule has 0 aliphatic rings. The fraction of sp³-hybridized carbons (Fsp3) is 0.357. The average Bonchev–Trinajstić information content (AvgIpc) is 3.48. The van der Waals surface area contributed by atoms with E-state index in [1.807, 2.05) is 42.5 Å². The molecule has 0 saturated carbocycles. The fourth-order valence-corrected chi connectivity index (χ4v) is 11.9. The summed E-state index contributed by atoms with van der Waals surface area (Å²) in [7, 11) is -1.07. The summed E-state index contributed by atoms with van der Waals surface area (Å²) >= 11 is 0. The molecule has 0 bridgehead atoms. The summed E-state index contributed by atoms with van der Waals surface area (Å²) in [6.07, 6.45) is 3.52. The molecule has 0 spiro atoms. The SMILES string of the molecule is C[C@@H](c1ccc[c-]1P(c1ccco1)c1ccco1)P(C(C)(C)C)C(C)(C)C.[Fe+2].c1cc[cH-]c1. The monoisotopic (exact) mass is 522 g/mol. The van der Waals surface area contributed by atoms with Gasteiger partial charge in [-0.25, -0.2) is 24.3 Å². The van der Waals surface area contributed by atoms with Gasteiger partial charge in [0.2, 0.25) is 0 Å². The minimum Gasteiger partial charge on any atom is -0.465 e. The van der Waals surface area contributed by atoms with Crippen molar-refractivity contribution in [2.75, 3.05) is 0 Å². The zero-order valence-corrected chi connectivity index (χ0v) is 23.6. The van der Waals surface area contributed by atoms with Gasteiger partial charge in [-0.05, 0) is 40.2 Å². The molecule has 0 N–H and O–H groups in total. The Hall–Kier alpha value is -1.36. The molecule has 0 aliphatic carbocycles. The van der Waals surface area contributed by atoms with Crippen molar-refractivity contribution in [3.05, 3.63) is 90.9 Å². The summed E-state index contributed by atoms with van der Waals surface area (Å²) in [5, 5.41) is 1.92. The maximum atomic E-state index is 5.85.